The van der Waals surface area contributed by atoms with Crippen molar-refractivity contribution in [2.75, 3.05) is 11.1 Å². The first kappa shape index (κ1) is 25.6. The highest BCUT2D eigenvalue weighted by molar-refractivity contribution is 9.10. The van der Waals surface area contributed by atoms with Crippen LogP contribution < -0.4 is 16.5 Å². The minimum atomic E-state index is -5.08. The number of nitrogen functional groups attached to an aromatic ring is 1. The van der Waals surface area contributed by atoms with Crippen LogP contribution in [-0.2, 0) is 4.79 Å². The fraction of sp³-hybridized carbons (Fsp3) is 0.0667. The van der Waals surface area contributed by atoms with Gasteiger partial charge < -0.3 is 16.2 Å². The number of thiazole rings is 1. The van der Waals surface area contributed by atoms with Crippen LogP contribution in [0.25, 0.3) is 0 Å². The van der Waals surface area contributed by atoms with Gasteiger partial charge in [-0.25, -0.2) is 23.8 Å². The van der Waals surface area contributed by atoms with E-state index in [0.717, 1.165) is 11.3 Å². The van der Waals surface area contributed by atoms with Gasteiger partial charge in [0.05, 0.1) is 10.2 Å². The Kier molecular flexibility index (Phi) is 8.38. The molecule has 0 saturated heterocycles. The number of amides is 1. The monoisotopic (exact) mass is 555 g/mol. The smallest absolute Gasteiger partial charge is 0.475 e. The van der Waals surface area contributed by atoms with E-state index in [9.17, 15) is 27.6 Å². The zero-order valence-corrected chi connectivity index (χ0v) is 18.0. The van der Waals surface area contributed by atoms with Crippen molar-refractivity contribution in [1.82, 2.24) is 20.8 Å². The number of carboxylic acids is 1. The van der Waals surface area contributed by atoms with E-state index < -0.39 is 23.9 Å². The van der Waals surface area contributed by atoms with Crippen molar-refractivity contribution in [2.24, 2.45) is 4.99 Å². The van der Waals surface area contributed by atoms with E-state index in [1.807, 2.05) is 5.48 Å². The number of nitrogens with two attached hydrogens (primary N) is 1. The van der Waals surface area contributed by atoms with Gasteiger partial charge in [-0.3, -0.25) is 15.5 Å². The lowest BCUT2D eigenvalue weighted by molar-refractivity contribution is -0.192. The van der Waals surface area contributed by atoms with Crippen LogP contribution in [0.4, 0.5) is 34.2 Å². The summed E-state index contributed by atoms with van der Waals surface area (Å²) in [5.74, 6) is -4.12. The summed E-state index contributed by atoms with van der Waals surface area (Å²) < 4.78 is 49.8. The molecule has 0 radical (unpaired) electrons. The molecule has 0 atom stereocenters. The first-order chi connectivity index (χ1) is 15.4. The molecule has 1 amide bonds. The number of aliphatic imine (C=N–C) groups is 1. The SMILES string of the molecule is Nc1nc(C(=O)Nc2nonc2C(=Nc2ccc(F)c(Br)c2)NO)cs1.O=C(O)C(F)(F)F. The second kappa shape index (κ2) is 10.8. The van der Waals surface area contributed by atoms with Crippen molar-refractivity contribution in [3.05, 3.63) is 45.3 Å². The molecule has 12 nitrogen and oxygen atoms in total. The number of amidine groups is 1. The van der Waals surface area contributed by atoms with Crippen molar-refractivity contribution in [3.63, 3.8) is 0 Å². The van der Waals surface area contributed by atoms with E-state index in [0.29, 0.717) is 5.69 Å². The van der Waals surface area contributed by atoms with Gasteiger partial charge >= 0.3 is 12.1 Å². The van der Waals surface area contributed by atoms with E-state index in [2.05, 4.69) is 46.2 Å². The normalized spacial score (nSPS) is 11.4. The number of aromatic nitrogens is 3. The van der Waals surface area contributed by atoms with Crippen molar-refractivity contribution in [2.45, 2.75) is 6.18 Å². The van der Waals surface area contributed by atoms with Crippen LogP contribution in [0.3, 0.4) is 0 Å². The van der Waals surface area contributed by atoms with Crippen molar-refractivity contribution in [1.29, 1.82) is 0 Å². The second-order valence-electron chi connectivity index (χ2n) is 5.46. The molecular weight excluding hydrogens is 546 g/mol. The summed E-state index contributed by atoms with van der Waals surface area (Å²) in [5, 5.41) is 27.7. The van der Waals surface area contributed by atoms with Crippen molar-refractivity contribution < 1.29 is 42.1 Å². The van der Waals surface area contributed by atoms with E-state index in [1.54, 1.807) is 0 Å². The first-order valence-electron chi connectivity index (χ1n) is 8.01. The Balaban J connectivity index is 0.000000479. The molecule has 0 aliphatic carbocycles. The summed E-state index contributed by atoms with van der Waals surface area (Å²) in [7, 11) is 0. The third-order valence-corrected chi connectivity index (χ3v) is 4.47. The molecule has 3 rings (SSSR count). The summed E-state index contributed by atoms with van der Waals surface area (Å²) in [6.07, 6.45) is -5.08. The van der Waals surface area contributed by atoms with Crippen LogP contribution in [0.2, 0.25) is 0 Å². The van der Waals surface area contributed by atoms with E-state index in [1.165, 1.54) is 23.6 Å². The van der Waals surface area contributed by atoms with Crippen LogP contribution >= 0.6 is 27.3 Å². The second-order valence-corrected chi connectivity index (χ2v) is 7.20. The molecule has 1 aromatic carbocycles. The lowest BCUT2D eigenvalue weighted by atomic mass is 10.3. The Morgan fingerprint density at radius 1 is 1.27 bits per heavy atom. The van der Waals surface area contributed by atoms with Crippen LogP contribution in [0, 0.1) is 5.82 Å². The van der Waals surface area contributed by atoms with Gasteiger partial charge in [0.15, 0.2) is 16.7 Å². The molecule has 0 spiro atoms. The Morgan fingerprint density at radius 3 is 2.45 bits per heavy atom. The fourth-order valence-electron chi connectivity index (χ4n) is 1.80. The predicted molar refractivity (Wildman–Crippen MR) is 108 cm³/mol. The lowest BCUT2D eigenvalue weighted by Crippen LogP contribution is -2.23. The minimum absolute atomic E-state index is 0.0792. The number of carbonyl (C=O) groups excluding carboxylic acids is 1. The summed E-state index contributed by atoms with van der Waals surface area (Å²) in [6, 6.07) is 3.95. The molecule has 2 heterocycles. The number of nitrogens with zero attached hydrogens (tertiary/aromatic N) is 4. The number of rotatable bonds is 4. The molecule has 0 aliphatic rings. The molecule has 176 valence electrons. The molecule has 18 heteroatoms. The number of hydroxylamine groups is 1. The molecule has 33 heavy (non-hydrogen) atoms. The highest BCUT2D eigenvalue weighted by Crippen LogP contribution is 2.23. The standard InChI is InChI=1S/C13H9BrFN7O3S.C2HF3O2/c14-6-3-5(1-2-7(6)15)17-10(20-24)9-11(22-25-21-9)19-12(23)8-4-26-13(16)18-8;3-2(4,5)1(6)7/h1-4,24H,(H2,16,18)(H,17,20)(H,19,22,23);(H,6,7). The molecule has 3 aromatic rings. The number of hydrogen-bond donors (Lipinski definition) is 5. The largest absolute Gasteiger partial charge is 0.490 e. The number of alkyl halides is 3. The molecule has 0 saturated carbocycles. The number of nitrogens with one attached hydrogen (secondary N) is 2. The highest BCUT2D eigenvalue weighted by atomic mass is 79.9. The van der Waals surface area contributed by atoms with Gasteiger partial charge in [0.2, 0.25) is 5.82 Å². The summed E-state index contributed by atoms with van der Waals surface area (Å²) in [5.41, 5.74) is 7.62. The van der Waals surface area contributed by atoms with Gasteiger partial charge in [-0.15, -0.1) is 11.3 Å². The van der Waals surface area contributed by atoms with Crippen LogP contribution in [-0.4, -0.2) is 49.5 Å². The molecule has 0 bridgehead atoms. The van der Waals surface area contributed by atoms with Gasteiger partial charge in [0.1, 0.15) is 11.5 Å². The maximum absolute atomic E-state index is 13.3. The summed E-state index contributed by atoms with van der Waals surface area (Å²) >= 11 is 4.13. The Morgan fingerprint density at radius 2 is 1.94 bits per heavy atom. The fourth-order valence-corrected chi connectivity index (χ4v) is 2.71. The van der Waals surface area contributed by atoms with Crippen molar-refractivity contribution in [3.8, 4) is 0 Å². The summed E-state index contributed by atoms with van der Waals surface area (Å²) in [6.45, 7) is 0. The average molecular weight is 556 g/mol. The number of carbonyl (C=O) groups is 2. The van der Waals surface area contributed by atoms with Gasteiger partial charge in [-0.05, 0) is 44.4 Å². The van der Waals surface area contributed by atoms with Crippen LogP contribution in [0.5, 0.6) is 0 Å². The zero-order chi connectivity index (χ0) is 24.8. The minimum Gasteiger partial charge on any atom is -0.475 e. The van der Waals surface area contributed by atoms with Gasteiger partial charge in [0.25, 0.3) is 5.91 Å². The van der Waals surface area contributed by atoms with E-state index in [-0.39, 0.29) is 32.6 Å². The third kappa shape index (κ3) is 7.19. The number of aliphatic carboxylic acids is 1. The quantitative estimate of drug-likeness (QED) is 0.138. The molecular formula is C15H10BrF4N7O5S. The summed E-state index contributed by atoms with van der Waals surface area (Å²) in [4.78, 5) is 28.9. The number of halogens is 5. The molecule has 0 fully saturated rings. The molecule has 0 aliphatic heterocycles. The van der Waals surface area contributed by atoms with Gasteiger partial charge in [-0.2, -0.15) is 13.2 Å². The van der Waals surface area contributed by atoms with Crippen LogP contribution in [0.1, 0.15) is 16.2 Å². The maximum Gasteiger partial charge on any atom is 0.490 e. The molecule has 6 N–H and O–H groups in total. The lowest BCUT2D eigenvalue weighted by Gasteiger charge is -2.04. The Labute approximate surface area is 192 Å². The number of hydrogen-bond acceptors (Lipinski definition) is 10. The van der Waals surface area contributed by atoms with Crippen molar-refractivity contribution >= 4 is 61.6 Å². The van der Waals surface area contributed by atoms with E-state index in [4.69, 9.17) is 15.6 Å². The van der Waals surface area contributed by atoms with Crippen LogP contribution in [0.15, 0.2) is 37.7 Å². The molecule has 2 aromatic heterocycles. The topological polar surface area (TPSA) is 189 Å². The van der Waals surface area contributed by atoms with E-state index >= 15 is 0 Å². The Bertz CT molecular complexity index is 1180. The highest BCUT2D eigenvalue weighted by Gasteiger charge is 2.38. The first-order valence-corrected chi connectivity index (χ1v) is 9.69. The third-order valence-electron chi connectivity index (χ3n) is 3.19. The average Bonchev–Trinajstić information content (AvgIpc) is 3.37. The number of carboxylic acid groups (broad SMARTS) is 1. The predicted octanol–water partition coefficient (Wildman–Crippen LogP) is 2.95. The zero-order valence-electron chi connectivity index (χ0n) is 15.6. The number of anilines is 2. The maximum atomic E-state index is 13.3. The van der Waals surface area contributed by atoms with Gasteiger partial charge in [0, 0.05) is 5.38 Å². The Hall–Kier alpha value is -3.64. The van der Waals surface area contributed by atoms with Gasteiger partial charge in [-0.1, -0.05) is 0 Å². The number of benzene rings is 1. The molecule has 0 unspecified atom stereocenters.